The molecule has 30 heavy (non-hydrogen) atoms. The van der Waals surface area contributed by atoms with Crippen molar-refractivity contribution in [3.05, 3.63) is 29.8 Å². The molecule has 1 aromatic rings. The number of thioether (sulfide) groups is 1. The maximum atomic E-state index is 13.5. The molecule has 0 unspecified atom stereocenters. The van der Waals surface area contributed by atoms with Crippen LogP contribution in [0.15, 0.2) is 24.3 Å². The highest BCUT2D eigenvalue weighted by atomic mass is 32.2. The smallest absolute Gasteiger partial charge is 0.315 e. The molecule has 4 saturated carbocycles. The van der Waals surface area contributed by atoms with E-state index in [-0.39, 0.29) is 23.2 Å². The van der Waals surface area contributed by atoms with E-state index in [4.69, 9.17) is 9.47 Å². The lowest BCUT2D eigenvalue weighted by molar-refractivity contribution is -0.149. The summed E-state index contributed by atoms with van der Waals surface area (Å²) in [5.74, 6) is 3.58. The molecule has 0 aromatic heterocycles. The van der Waals surface area contributed by atoms with Crippen molar-refractivity contribution >= 4 is 23.6 Å². The minimum absolute atomic E-state index is 0.0145. The number of ether oxygens (including phenoxy) is 2. The molecule has 4 fully saturated rings. The van der Waals surface area contributed by atoms with Crippen molar-refractivity contribution in [1.82, 2.24) is 4.90 Å². The number of hydrogen-bond acceptors (Lipinski definition) is 5. The van der Waals surface area contributed by atoms with Gasteiger partial charge in [0.1, 0.15) is 5.75 Å². The molecular formula is C24H33NO4S. The molecule has 0 N–H and O–H groups in total. The molecule has 164 valence electrons. The Kier molecular flexibility index (Phi) is 6.61. The molecular weight excluding hydrogens is 398 g/mol. The number of amides is 1. The summed E-state index contributed by atoms with van der Waals surface area (Å²) in [6.07, 6.45) is 7.44. The van der Waals surface area contributed by atoms with Crippen LogP contribution >= 0.6 is 11.8 Å². The number of hydrogen-bond donors (Lipinski definition) is 0. The highest BCUT2D eigenvalue weighted by Crippen LogP contribution is 2.58. The van der Waals surface area contributed by atoms with Crippen molar-refractivity contribution in [3.8, 4) is 5.75 Å². The zero-order chi connectivity index (χ0) is 21.1. The monoisotopic (exact) mass is 431 g/mol. The Labute approximate surface area is 183 Å². The molecule has 4 bridgehead atoms. The topological polar surface area (TPSA) is 55.8 Å². The second-order valence-corrected chi connectivity index (χ2v) is 10.3. The number of rotatable bonds is 9. The predicted octanol–water partition coefficient (Wildman–Crippen LogP) is 4.29. The molecule has 0 atom stereocenters. The maximum absolute atomic E-state index is 13.5. The summed E-state index contributed by atoms with van der Waals surface area (Å²) < 4.78 is 10.4. The van der Waals surface area contributed by atoms with E-state index in [1.165, 1.54) is 31.0 Å². The molecule has 5 nitrogen and oxygen atoms in total. The van der Waals surface area contributed by atoms with Crippen molar-refractivity contribution in [2.45, 2.75) is 57.5 Å². The summed E-state index contributed by atoms with van der Waals surface area (Å²) in [6.45, 7) is 2.79. The Morgan fingerprint density at radius 1 is 1.10 bits per heavy atom. The van der Waals surface area contributed by atoms with E-state index in [0.717, 1.165) is 48.3 Å². The van der Waals surface area contributed by atoms with E-state index < -0.39 is 0 Å². The van der Waals surface area contributed by atoms with Gasteiger partial charge in [0.05, 0.1) is 25.2 Å². The predicted molar refractivity (Wildman–Crippen MR) is 118 cm³/mol. The quantitative estimate of drug-likeness (QED) is 0.546. The Balaban J connectivity index is 1.52. The van der Waals surface area contributed by atoms with Gasteiger partial charge in [-0.25, -0.2) is 0 Å². The van der Waals surface area contributed by atoms with Crippen molar-refractivity contribution in [3.63, 3.8) is 0 Å². The summed E-state index contributed by atoms with van der Waals surface area (Å²) in [4.78, 5) is 27.3. The zero-order valence-electron chi connectivity index (χ0n) is 18.1. The van der Waals surface area contributed by atoms with Gasteiger partial charge >= 0.3 is 5.97 Å². The van der Waals surface area contributed by atoms with Crippen LogP contribution in [0, 0.1) is 17.8 Å². The zero-order valence-corrected chi connectivity index (χ0v) is 18.9. The lowest BCUT2D eigenvalue weighted by atomic mass is 9.52. The van der Waals surface area contributed by atoms with Crippen molar-refractivity contribution in [2.75, 3.05) is 25.2 Å². The van der Waals surface area contributed by atoms with Crippen LogP contribution in [0.25, 0.3) is 0 Å². The number of esters is 1. The molecule has 0 heterocycles. The molecule has 0 saturated heterocycles. The van der Waals surface area contributed by atoms with Gasteiger partial charge in [-0.05, 0) is 80.9 Å². The fraction of sp³-hybridized carbons (Fsp3) is 0.667. The number of nitrogens with zero attached hydrogens (tertiary/aromatic N) is 1. The number of carbonyl (C=O) groups is 2. The van der Waals surface area contributed by atoms with Crippen LogP contribution in [0.3, 0.4) is 0 Å². The first-order chi connectivity index (χ1) is 14.5. The van der Waals surface area contributed by atoms with Gasteiger partial charge in [0.15, 0.2) is 0 Å². The average molecular weight is 432 g/mol. The molecule has 1 amide bonds. The van der Waals surface area contributed by atoms with E-state index in [9.17, 15) is 9.59 Å². The Morgan fingerprint density at radius 3 is 2.37 bits per heavy atom. The van der Waals surface area contributed by atoms with Gasteiger partial charge in [0.2, 0.25) is 5.91 Å². The van der Waals surface area contributed by atoms with Crippen molar-refractivity contribution in [2.24, 2.45) is 17.8 Å². The third-order valence-corrected chi connectivity index (χ3v) is 8.00. The van der Waals surface area contributed by atoms with Crippen LogP contribution in [-0.4, -0.2) is 47.5 Å². The largest absolute Gasteiger partial charge is 0.497 e. The SMILES string of the molecule is CCOC(=O)CSCC(=O)N(Cc1cccc(OC)c1)C12CC3CC(CC(C3)C1)C2. The van der Waals surface area contributed by atoms with E-state index >= 15 is 0 Å². The standard InChI is InChI=1S/C24H33NO4S/c1-3-29-23(27)16-30-15-22(26)25(14-17-5-4-6-21(10-17)28-2)24-11-18-7-19(12-24)9-20(8-18)13-24/h4-6,10,18-20H,3,7-9,11-16H2,1-2H3. The number of benzene rings is 1. The van der Waals surface area contributed by atoms with Gasteiger partial charge in [-0.15, -0.1) is 11.8 Å². The summed E-state index contributed by atoms with van der Waals surface area (Å²) in [5.41, 5.74) is 1.09. The fourth-order valence-electron chi connectivity index (χ4n) is 6.37. The lowest BCUT2D eigenvalue weighted by Gasteiger charge is -2.60. The van der Waals surface area contributed by atoms with Crippen LogP contribution in [0.1, 0.15) is 51.0 Å². The van der Waals surface area contributed by atoms with Gasteiger partial charge < -0.3 is 14.4 Å². The van der Waals surface area contributed by atoms with E-state index in [1.54, 1.807) is 14.0 Å². The molecule has 4 aliphatic rings. The third kappa shape index (κ3) is 4.63. The average Bonchev–Trinajstić information content (AvgIpc) is 2.71. The second kappa shape index (κ2) is 9.21. The van der Waals surface area contributed by atoms with Gasteiger partial charge in [-0.3, -0.25) is 9.59 Å². The van der Waals surface area contributed by atoms with Crippen LogP contribution in [-0.2, 0) is 20.9 Å². The summed E-state index contributed by atoms with van der Waals surface area (Å²) in [5, 5.41) is 0. The van der Waals surface area contributed by atoms with Gasteiger partial charge in [-0.1, -0.05) is 12.1 Å². The molecule has 5 rings (SSSR count). The first-order valence-corrected chi connectivity index (χ1v) is 12.3. The van der Waals surface area contributed by atoms with Crippen LogP contribution in [0.2, 0.25) is 0 Å². The van der Waals surface area contributed by atoms with E-state index in [1.807, 2.05) is 18.2 Å². The molecule has 0 spiro atoms. The fourth-order valence-corrected chi connectivity index (χ4v) is 7.05. The molecule has 0 aliphatic heterocycles. The third-order valence-electron chi connectivity index (χ3n) is 7.11. The molecule has 4 aliphatic carbocycles. The molecule has 6 heteroatoms. The van der Waals surface area contributed by atoms with Crippen molar-refractivity contribution < 1.29 is 19.1 Å². The molecule has 0 radical (unpaired) electrons. The maximum Gasteiger partial charge on any atom is 0.315 e. The minimum atomic E-state index is -0.246. The summed E-state index contributed by atoms with van der Waals surface area (Å²) in [7, 11) is 1.67. The Bertz CT molecular complexity index is 745. The first kappa shape index (κ1) is 21.5. The Morgan fingerprint density at radius 2 is 1.77 bits per heavy atom. The van der Waals surface area contributed by atoms with Crippen molar-refractivity contribution in [1.29, 1.82) is 0 Å². The van der Waals surface area contributed by atoms with E-state index in [2.05, 4.69) is 11.0 Å². The Hall–Kier alpha value is -1.69. The lowest BCUT2D eigenvalue weighted by Crippen LogP contribution is -2.61. The highest BCUT2D eigenvalue weighted by Gasteiger charge is 2.54. The summed E-state index contributed by atoms with van der Waals surface area (Å²) in [6, 6.07) is 8.04. The molecule has 1 aromatic carbocycles. The number of methoxy groups -OCH3 is 1. The highest BCUT2D eigenvalue weighted by molar-refractivity contribution is 8.00. The first-order valence-electron chi connectivity index (χ1n) is 11.2. The van der Waals surface area contributed by atoms with Crippen LogP contribution < -0.4 is 4.74 Å². The van der Waals surface area contributed by atoms with Crippen LogP contribution in [0.5, 0.6) is 5.75 Å². The van der Waals surface area contributed by atoms with Gasteiger partial charge in [0.25, 0.3) is 0 Å². The van der Waals surface area contributed by atoms with Gasteiger partial charge in [-0.2, -0.15) is 0 Å². The second-order valence-electron chi connectivity index (χ2n) is 9.27. The number of carbonyl (C=O) groups excluding carboxylic acids is 2. The van der Waals surface area contributed by atoms with Gasteiger partial charge in [0, 0.05) is 12.1 Å². The minimum Gasteiger partial charge on any atom is -0.497 e. The van der Waals surface area contributed by atoms with E-state index in [0.29, 0.717) is 18.9 Å². The van der Waals surface area contributed by atoms with Crippen LogP contribution in [0.4, 0.5) is 0 Å². The summed E-state index contributed by atoms with van der Waals surface area (Å²) >= 11 is 1.37. The normalized spacial score (nSPS) is 28.9.